The molecule has 2 saturated heterocycles. The van der Waals surface area contributed by atoms with Gasteiger partial charge in [0.2, 0.25) is 21.8 Å². The highest BCUT2D eigenvalue weighted by atomic mass is 32.2. The molecule has 2 atom stereocenters. The lowest BCUT2D eigenvalue weighted by atomic mass is 9.97. The molecule has 1 aromatic carbocycles. The van der Waals surface area contributed by atoms with Crippen LogP contribution in [-0.4, -0.2) is 68.8 Å². The summed E-state index contributed by atoms with van der Waals surface area (Å²) in [6.45, 7) is 3.09. The lowest BCUT2D eigenvalue weighted by Gasteiger charge is -2.38. The topological polar surface area (TPSA) is 96.0 Å². The first-order valence-electron chi connectivity index (χ1n) is 9.07. The first kappa shape index (κ1) is 19.6. The van der Waals surface area contributed by atoms with Gasteiger partial charge < -0.3 is 15.0 Å². The Morgan fingerprint density at radius 2 is 1.93 bits per heavy atom. The van der Waals surface area contributed by atoms with Crippen molar-refractivity contribution in [1.82, 2.24) is 14.5 Å². The van der Waals surface area contributed by atoms with Crippen molar-refractivity contribution in [2.24, 2.45) is 5.92 Å². The molecule has 0 aliphatic carbocycles. The van der Waals surface area contributed by atoms with E-state index < -0.39 is 22.0 Å². The number of carbonyl (C=O) groups excluding carboxylic acids is 2. The number of rotatable bonds is 4. The highest BCUT2D eigenvalue weighted by molar-refractivity contribution is 7.89. The van der Waals surface area contributed by atoms with E-state index >= 15 is 0 Å². The summed E-state index contributed by atoms with van der Waals surface area (Å²) in [6, 6.07) is 5.70. The molecule has 8 nitrogen and oxygen atoms in total. The van der Waals surface area contributed by atoms with Gasteiger partial charge in [-0.2, -0.15) is 4.31 Å². The average Bonchev–Trinajstić information content (AvgIpc) is 2.69. The van der Waals surface area contributed by atoms with Gasteiger partial charge in [0.1, 0.15) is 11.8 Å². The van der Waals surface area contributed by atoms with Crippen molar-refractivity contribution in [3.8, 4) is 5.75 Å². The summed E-state index contributed by atoms with van der Waals surface area (Å²) in [6.07, 6.45) is 1.23. The Morgan fingerprint density at radius 1 is 1.22 bits per heavy atom. The number of hydrogen-bond donors (Lipinski definition) is 1. The molecule has 2 aliphatic rings. The SMILES string of the molecule is COc1ccc(S(=O)(=O)N2CCC[C@@H](C(=O)N3CCNC(=O)[C@H]3C)C2)cc1. The minimum Gasteiger partial charge on any atom is -0.497 e. The third-order valence-corrected chi connectivity index (χ3v) is 7.09. The van der Waals surface area contributed by atoms with E-state index in [1.54, 1.807) is 24.0 Å². The number of amides is 2. The summed E-state index contributed by atoms with van der Waals surface area (Å²) >= 11 is 0. The van der Waals surface area contributed by atoms with Gasteiger partial charge in [0.05, 0.1) is 17.9 Å². The lowest BCUT2D eigenvalue weighted by Crippen LogP contribution is -2.58. The van der Waals surface area contributed by atoms with Crippen LogP contribution in [0.4, 0.5) is 0 Å². The zero-order valence-corrected chi connectivity index (χ0v) is 16.4. The summed E-state index contributed by atoms with van der Waals surface area (Å²) in [5, 5.41) is 2.73. The number of methoxy groups -OCH3 is 1. The Hall–Kier alpha value is -2.13. The molecule has 1 N–H and O–H groups in total. The van der Waals surface area contributed by atoms with E-state index in [1.165, 1.54) is 23.5 Å². The number of piperazine rings is 1. The van der Waals surface area contributed by atoms with Crippen LogP contribution in [0.25, 0.3) is 0 Å². The van der Waals surface area contributed by atoms with E-state index in [0.29, 0.717) is 38.2 Å². The smallest absolute Gasteiger partial charge is 0.243 e. The van der Waals surface area contributed by atoms with E-state index in [9.17, 15) is 18.0 Å². The maximum absolute atomic E-state index is 12.9. The summed E-state index contributed by atoms with van der Waals surface area (Å²) in [7, 11) is -2.16. The number of nitrogens with one attached hydrogen (secondary N) is 1. The van der Waals surface area contributed by atoms with Crippen molar-refractivity contribution in [1.29, 1.82) is 0 Å². The van der Waals surface area contributed by atoms with Crippen LogP contribution in [0.5, 0.6) is 5.75 Å². The van der Waals surface area contributed by atoms with Gasteiger partial charge in [0, 0.05) is 26.2 Å². The number of benzene rings is 1. The first-order valence-corrected chi connectivity index (χ1v) is 10.5. The fraction of sp³-hybridized carbons (Fsp3) is 0.556. The van der Waals surface area contributed by atoms with Gasteiger partial charge in [0.15, 0.2) is 0 Å². The maximum atomic E-state index is 12.9. The Labute approximate surface area is 159 Å². The van der Waals surface area contributed by atoms with Gasteiger partial charge in [-0.15, -0.1) is 0 Å². The van der Waals surface area contributed by atoms with Gasteiger partial charge in [-0.1, -0.05) is 0 Å². The monoisotopic (exact) mass is 395 g/mol. The van der Waals surface area contributed by atoms with Crippen LogP contribution in [0, 0.1) is 5.92 Å². The standard InChI is InChI=1S/C18H25N3O5S/c1-13-17(22)19-9-11-21(13)18(23)14-4-3-10-20(12-14)27(24,25)16-7-5-15(26-2)6-8-16/h5-8,13-14H,3-4,9-12H2,1-2H3,(H,19,22)/t13-,14-/m1/s1. The molecular weight excluding hydrogens is 370 g/mol. The van der Waals surface area contributed by atoms with Crippen LogP contribution in [0.15, 0.2) is 29.2 Å². The summed E-state index contributed by atoms with van der Waals surface area (Å²) in [5.74, 6) is -0.168. The molecule has 0 unspecified atom stereocenters. The highest BCUT2D eigenvalue weighted by Gasteiger charge is 2.38. The molecule has 2 aliphatic heterocycles. The Kier molecular flexibility index (Phi) is 5.71. The average molecular weight is 395 g/mol. The Morgan fingerprint density at radius 3 is 2.59 bits per heavy atom. The minimum absolute atomic E-state index is 0.137. The van der Waals surface area contributed by atoms with Gasteiger partial charge in [-0.25, -0.2) is 8.42 Å². The molecule has 2 amide bonds. The number of ether oxygens (including phenoxy) is 1. The van der Waals surface area contributed by atoms with Gasteiger partial charge in [-0.3, -0.25) is 9.59 Å². The summed E-state index contributed by atoms with van der Waals surface area (Å²) < 4.78 is 32.3. The molecule has 0 radical (unpaired) electrons. The predicted octanol–water partition coefficient (Wildman–Crippen LogP) is 0.443. The Bertz CT molecular complexity index is 809. The maximum Gasteiger partial charge on any atom is 0.243 e. The Balaban J connectivity index is 1.74. The number of sulfonamides is 1. The van der Waals surface area contributed by atoms with Crippen molar-refractivity contribution in [2.75, 3.05) is 33.3 Å². The summed E-state index contributed by atoms with van der Waals surface area (Å²) in [5.41, 5.74) is 0. The van der Waals surface area contributed by atoms with Crippen molar-refractivity contribution in [2.45, 2.75) is 30.7 Å². The van der Waals surface area contributed by atoms with Crippen molar-refractivity contribution < 1.29 is 22.7 Å². The molecule has 3 rings (SSSR count). The molecule has 27 heavy (non-hydrogen) atoms. The molecule has 0 aromatic heterocycles. The molecule has 0 bridgehead atoms. The van der Waals surface area contributed by atoms with E-state index in [-0.39, 0.29) is 23.3 Å². The number of piperidine rings is 1. The van der Waals surface area contributed by atoms with Crippen molar-refractivity contribution in [3.63, 3.8) is 0 Å². The minimum atomic E-state index is -3.68. The fourth-order valence-electron chi connectivity index (χ4n) is 3.58. The normalized spacial score (nSPS) is 24.4. The van der Waals surface area contributed by atoms with Crippen LogP contribution in [-0.2, 0) is 19.6 Å². The lowest BCUT2D eigenvalue weighted by molar-refractivity contribution is -0.146. The van der Waals surface area contributed by atoms with E-state index in [2.05, 4.69) is 5.32 Å². The fourth-order valence-corrected chi connectivity index (χ4v) is 5.10. The number of nitrogens with zero attached hydrogens (tertiary/aromatic N) is 2. The molecule has 1 aromatic rings. The molecule has 148 valence electrons. The zero-order valence-electron chi connectivity index (χ0n) is 15.6. The van der Waals surface area contributed by atoms with Crippen molar-refractivity contribution in [3.05, 3.63) is 24.3 Å². The van der Waals surface area contributed by atoms with Gasteiger partial charge in [-0.05, 0) is 44.0 Å². The van der Waals surface area contributed by atoms with Crippen LogP contribution in [0.1, 0.15) is 19.8 Å². The van der Waals surface area contributed by atoms with Crippen LogP contribution in [0.2, 0.25) is 0 Å². The highest BCUT2D eigenvalue weighted by Crippen LogP contribution is 2.26. The number of carbonyl (C=O) groups is 2. The van der Waals surface area contributed by atoms with E-state index in [1.807, 2.05) is 0 Å². The second-order valence-electron chi connectivity index (χ2n) is 6.88. The first-order chi connectivity index (χ1) is 12.8. The molecule has 0 spiro atoms. The van der Waals surface area contributed by atoms with Gasteiger partial charge >= 0.3 is 0 Å². The molecule has 9 heteroatoms. The zero-order chi connectivity index (χ0) is 19.6. The second kappa shape index (κ2) is 7.85. The van der Waals surface area contributed by atoms with E-state index in [4.69, 9.17) is 4.74 Å². The quantitative estimate of drug-likeness (QED) is 0.798. The van der Waals surface area contributed by atoms with Crippen molar-refractivity contribution >= 4 is 21.8 Å². The molecule has 2 heterocycles. The summed E-state index contributed by atoms with van der Waals surface area (Å²) in [4.78, 5) is 26.5. The molecule has 2 fully saturated rings. The predicted molar refractivity (Wildman–Crippen MR) is 98.7 cm³/mol. The number of hydrogen-bond acceptors (Lipinski definition) is 5. The van der Waals surface area contributed by atoms with Crippen LogP contribution < -0.4 is 10.1 Å². The third-order valence-electron chi connectivity index (χ3n) is 5.21. The van der Waals surface area contributed by atoms with Crippen LogP contribution in [0.3, 0.4) is 0 Å². The molecular formula is C18H25N3O5S. The van der Waals surface area contributed by atoms with Gasteiger partial charge in [0.25, 0.3) is 0 Å². The van der Waals surface area contributed by atoms with Crippen LogP contribution >= 0.6 is 0 Å². The molecule has 0 saturated carbocycles. The van der Waals surface area contributed by atoms with E-state index in [0.717, 1.165) is 0 Å². The largest absolute Gasteiger partial charge is 0.497 e. The third kappa shape index (κ3) is 3.93. The second-order valence-corrected chi connectivity index (χ2v) is 8.81.